The summed E-state index contributed by atoms with van der Waals surface area (Å²) in [5.41, 5.74) is 15.7. The monoisotopic (exact) mass is 740 g/mol. The Balaban J connectivity index is 1.85. The third-order valence-corrected chi connectivity index (χ3v) is 8.90. The zero-order chi connectivity index (χ0) is 39.5. The lowest BCUT2D eigenvalue weighted by molar-refractivity contribution is -0.141. The molecule has 5 amide bonds. The summed E-state index contributed by atoms with van der Waals surface area (Å²) >= 11 is 0. The van der Waals surface area contributed by atoms with Crippen LogP contribution in [0.25, 0.3) is 11.1 Å². The fraction of sp³-hybridized carbons (Fsp3) is 0.385. The van der Waals surface area contributed by atoms with Crippen LogP contribution in [0, 0.1) is 25.2 Å². The van der Waals surface area contributed by atoms with Crippen molar-refractivity contribution in [3.05, 3.63) is 82.4 Å². The highest BCUT2D eigenvalue weighted by molar-refractivity contribution is 6.00. The number of likely N-dealkylation sites (N-methyl/N-ethyl adjacent to an activating group) is 1. The van der Waals surface area contributed by atoms with Gasteiger partial charge in [0, 0.05) is 43.2 Å². The summed E-state index contributed by atoms with van der Waals surface area (Å²) in [5, 5.41) is 19.7. The molecular weight excluding hydrogens is 692 g/mol. The van der Waals surface area contributed by atoms with Crippen LogP contribution in [0.4, 0.5) is 0 Å². The van der Waals surface area contributed by atoms with Gasteiger partial charge in [0.1, 0.15) is 55.4 Å². The van der Waals surface area contributed by atoms with Crippen LogP contribution in [0.5, 0.6) is 11.5 Å². The Labute approximate surface area is 314 Å². The first kappa shape index (κ1) is 40.8. The lowest BCUT2D eigenvalue weighted by Gasteiger charge is -2.32. The van der Waals surface area contributed by atoms with Gasteiger partial charge in [-0.3, -0.25) is 24.0 Å². The molecule has 0 aliphatic carbocycles. The molecule has 54 heavy (non-hydrogen) atoms. The minimum atomic E-state index is -1.32. The summed E-state index contributed by atoms with van der Waals surface area (Å²) in [6.45, 7) is 7.17. The van der Waals surface area contributed by atoms with Crippen LogP contribution in [0.15, 0.2) is 54.6 Å². The largest absolute Gasteiger partial charge is 0.492 e. The second-order valence-electron chi connectivity index (χ2n) is 13.1. The molecule has 0 fully saturated rings. The Morgan fingerprint density at radius 3 is 2.22 bits per heavy atom. The van der Waals surface area contributed by atoms with Crippen molar-refractivity contribution in [3.8, 4) is 28.7 Å². The average molecular weight is 741 g/mol. The molecule has 286 valence electrons. The van der Waals surface area contributed by atoms with Crippen molar-refractivity contribution in [2.75, 3.05) is 39.9 Å². The Hall–Kier alpha value is -5.98. The van der Waals surface area contributed by atoms with Crippen LogP contribution in [-0.4, -0.2) is 92.5 Å². The lowest BCUT2D eigenvalue weighted by Crippen LogP contribution is -2.55. The van der Waals surface area contributed by atoms with Gasteiger partial charge in [-0.05, 0) is 74.7 Å². The number of ether oxygens (including phenoxy) is 2. The summed E-state index contributed by atoms with van der Waals surface area (Å²) in [6.07, 6.45) is 0.0259. The minimum absolute atomic E-state index is 0.0259. The number of carbonyl (C=O) groups is 5. The Morgan fingerprint density at radius 1 is 0.944 bits per heavy atom. The lowest BCUT2D eigenvalue weighted by atomic mass is 9.93. The van der Waals surface area contributed by atoms with Gasteiger partial charge >= 0.3 is 0 Å². The van der Waals surface area contributed by atoms with E-state index >= 15 is 0 Å². The number of nitriles is 1. The quantitative estimate of drug-likeness (QED) is 0.145. The molecule has 1 aliphatic rings. The number of hydrogen-bond acceptors (Lipinski definition) is 10. The van der Waals surface area contributed by atoms with Crippen molar-refractivity contribution in [2.45, 2.75) is 58.3 Å². The Morgan fingerprint density at radius 2 is 1.59 bits per heavy atom. The number of carbonyl (C=O) groups excluding carboxylic acids is 5. The van der Waals surface area contributed by atoms with Crippen molar-refractivity contribution < 1.29 is 33.4 Å². The van der Waals surface area contributed by atoms with Crippen LogP contribution in [-0.2, 0) is 25.6 Å². The van der Waals surface area contributed by atoms with Gasteiger partial charge in [0.15, 0.2) is 0 Å². The molecule has 0 saturated heterocycles. The molecule has 15 heteroatoms. The van der Waals surface area contributed by atoms with Crippen LogP contribution < -0.4 is 42.2 Å². The topological polar surface area (TPSA) is 231 Å². The Bertz CT molecular complexity index is 1930. The normalized spacial score (nSPS) is 17.4. The average Bonchev–Trinajstić information content (AvgIpc) is 3.14. The van der Waals surface area contributed by atoms with E-state index in [1.165, 1.54) is 25.8 Å². The fourth-order valence-corrected chi connectivity index (χ4v) is 6.17. The number of fused-ring (bicyclic) bond motifs is 5. The number of hydrogen-bond donors (Lipinski definition) is 6. The van der Waals surface area contributed by atoms with Gasteiger partial charge in [-0.15, -0.1) is 0 Å². The second-order valence-corrected chi connectivity index (χ2v) is 13.1. The number of nitrogens with one attached hydrogen (secondary N) is 4. The molecule has 0 saturated carbocycles. The summed E-state index contributed by atoms with van der Waals surface area (Å²) < 4.78 is 12.1. The molecule has 0 unspecified atom stereocenters. The third kappa shape index (κ3) is 9.91. The number of nitrogens with two attached hydrogens (primary N) is 2. The molecule has 0 aromatic heterocycles. The molecule has 15 nitrogen and oxygen atoms in total. The van der Waals surface area contributed by atoms with E-state index in [0.29, 0.717) is 39.3 Å². The summed E-state index contributed by atoms with van der Waals surface area (Å²) in [5.74, 6) is -2.20. The van der Waals surface area contributed by atoms with Gasteiger partial charge in [0.25, 0.3) is 5.91 Å². The van der Waals surface area contributed by atoms with E-state index < -0.39 is 53.7 Å². The second kappa shape index (κ2) is 18.7. The zero-order valence-corrected chi connectivity index (χ0v) is 31.2. The van der Waals surface area contributed by atoms with Crippen molar-refractivity contribution in [1.82, 2.24) is 26.2 Å². The molecular formula is C39H48N8O7. The first-order valence-electron chi connectivity index (χ1n) is 17.6. The molecule has 3 aromatic rings. The van der Waals surface area contributed by atoms with E-state index in [0.717, 1.165) is 11.1 Å². The van der Waals surface area contributed by atoms with Crippen molar-refractivity contribution in [2.24, 2.45) is 11.5 Å². The van der Waals surface area contributed by atoms with Crippen molar-refractivity contribution >= 4 is 29.5 Å². The van der Waals surface area contributed by atoms with E-state index in [-0.39, 0.29) is 39.3 Å². The summed E-state index contributed by atoms with van der Waals surface area (Å²) in [4.78, 5) is 69.5. The molecule has 0 spiro atoms. The van der Waals surface area contributed by atoms with E-state index in [9.17, 15) is 24.0 Å². The maximum Gasteiger partial charge on any atom is 0.252 e. The number of aryl methyl sites for hydroxylation is 2. The van der Waals surface area contributed by atoms with Gasteiger partial charge in [0.05, 0.1) is 6.07 Å². The standard InChI is InChI=1S/C39H48N8O7/c1-22-6-9-28(23(2)18-22)36(49)45-25(4)39(52)47(5)34-27-8-11-33(54-17-14-42)30(21-27)29-19-26(7-10-32(29)53-16-13-41)20-31(37(50)43-15-12-40)46-35(48)24(3)44-38(34)51/h6-11,18-19,21,24-25,31,34H,13-17,20,41-42H2,1-5H3,(H,43,50)(H,44,51)(H,45,49)(H,46,48)/t24-,25-,31-,34-/m0/s1. The maximum atomic E-state index is 14.3. The van der Waals surface area contributed by atoms with Gasteiger partial charge in [0.2, 0.25) is 23.6 Å². The van der Waals surface area contributed by atoms with Crippen LogP contribution in [0.1, 0.15) is 52.5 Å². The van der Waals surface area contributed by atoms with E-state index in [2.05, 4.69) is 21.3 Å². The van der Waals surface area contributed by atoms with Gasteiger partial charge in [-0.2, -0.15) is 5.26 Å². The fourth-order valence-electron chi connectivity index (χ4n) is 6.17. The number of nitrogens with zero attached hydrogens (tertiary/aromatic N) is 2. The van der Waals surface area contributed by atoms with E-state index in [4.69, 9.17) is 26.2 Å². The molecule has 1 heterocycles. The molecule has 4 bridgehead atoms. The smallest absolute Gasteiger partial charge is 0.252 e. The van der Waals surface area contributed by atoms with Gasteiger partial charge < -0.3 is 47.1 Å². The van der Waals surface area contributed by atoms with Crippen LogP contribution in [0.2, 0.25) is 0 Å². The Kier molecular flexibility index (Phi) is 14.1. The zero-order valence-electron chi connectivity index (χ0n) is 31.2. The van der Waals surface area contributed by atoms with Gasteiger partial charge in [-0.1, -0.05) is 29.8 Å². The number of amides is 5. The molecule has 4 atom stereocenters. The first-order chi connectivity index (χ1) is 25.8. The highest BCUT2D eigenvalue weighted by Gasteiger charge is 2.35. The molecule has 4 rings (SSSR count). The highest BCUT2D eigenvalue weighted by Crippen LogP contribution is 2.40. The summed E-state index contributed by atoms with van der Waals surface area (Å²) in [6, 6.07) is 12.8. The van der Waals surface area contributed by atoms with Crippen molar-refractivity contribution in [3.63, 3.8) is 0 Å². The third-order valence-electron chi connectivity index (χ3n) is 8.90. The SMILES string of the molecule is Cc1ccc(C(=O)N[C@@H](C)C(=O)N(C)[C@@H]2C(=O)N[C@@H](C)C(=O)N[C@H](C(=O)NCC#N)Cc3ccc(OCCN)c(c3)-c3cc2ccc3OCCN)c(C)c1. The van der Waals surface area contributed by atoms with E-state index in [1.807, 2.05) is 19.1 Å². The predicted octanol–water partition coefficient (Wildman–Crippen LogP) is 1.15. The minimum Gasteiger partial charge on any atom is -0.492 e. The summed E-state index contributed by atoms with van der Waals surface area (Å²) in [7, 11) is 1.44. The van der Waals surface area contributed by atoms with Gasteiger partial charge in [-0.25, -0.2) is 0 Å². The van der Waals surface area contributed by atoms with Crippen molar-refractivity contribution in [1.29, 1.82) is 5.26 Å². The number of benzene rings is 3. The van der Waals surface area contributed by atoms with E-state index in [1.54, 1.807) is 55.5 Å². The van der Waals surface area contributed by atoms with Crippen LogP contribution in [0.3, 0.4) is 0 Å². The number of rotatable bonds is 12. The predicted molar refractivity (Wildman–Crippen MR) is 201 cm³/mol. The molecule has 1 aliphatic heterocycles. The maximum absolute atomic E-state index is 14.3. The molecule has 3 aromatic carbocycles. The first-order valence-corrected chi connectivity index (χ1v) is 17.6. The highest BCUT2D eigenvalue weighted by atomic mass is 16.5. The van der Waals surface area contributed by atoms with Crippen LogP contribution >= 0.6 is 0 Å². The molecule has 0 radical (unpaired) electrons. The molecule has 8 N–H and O–H groups in total.